The summed E-state index contributed by atoms with van der Waals surface area (Å²) in [7, 11) is 0. The Morgan fingerprint density at radius 1 is 1.44 bits per heavy atom. The molecule has 6 heteroatoms. The summed E-state index contributed by atoms with van der Waals surface area (Å²) in [5, 5.41) is 6.24. The summed E-state index contributed by atoms with van der Waals surface area (Å²) in [6.45, 7) is 1.53. The maximum absolute atomic E-state index is 11.7. The van der Waals surface area contributed by atoms with E-state index in [4.69, 9.17) is 0 Å². The van der Waals surface area contributed by atoms with Crippen LogP contribution in [0.1, 0.15) is 22.5 Å². The largest absolute Gasteiger partial charge is 0.350 e. The summed E-state index contributed by atoms with van der Waals surface area (Å²) in [5.41, 5.74) is 0. The lowest BCUT2D eigenvalue weighted by Gasteiger charge is -2.04. The first kappa shape index (κ1) is 12.5. The molecule has 0 aromatic carbocycles. The summed E-state index contributed by atoms with van der Waals surface area (Å²) in [5.74, 6) is -0.00556. The molecule has 1 aliphatic rings. The number of halogens is 2. The lowest BCUT2D eigenvalue weighted by Crippen LogP contribution is -2.32. The van der Waals surface area contributed by atoms with Gasteiger partial charge < -0.3 is 10.6 Å². The number of hydrogen-bond acceptors (Lipinski definition) is 3. The standard InChI is InChI=1S/C10H12Br2N2OS/c11-7-5-8(16-9(7)12)10(15)14-4-3-13-6-1-2-6/h5-6,13H,1-4H2,(H,14,15). The van der Waals surface area contributed by atoms with Crippen molar-refractivity contribution < 1.29 is 4.79 Å². The van der Waals surface area contributed by atoms with E-state index in [1.165, 1.54) is 24.2 Å². The fourth-order valence-corrected chi connectivity index (χ4v) is 3.24. The fraction of sp³-hybridized carbons (Fsp3) is 0.500. The maximum atomic E-state index is 11.7. The first-order valence-corrected chi connectivity index (χ1v) is 7.53. The zero-order chi connectivity index (χ0) is 11.5. The van der Waals surface area contributed by atoms with E-state index in [-0.39, 0.29) is 5.91 Å². The molecule has 0 aliphatic heterocycles. The van der Waals surface area contributed by atoms with E-state index >= 15 is 0 Å². The molecule has 1 aromatic rings. The predicted octanol–water partition coefficient (Wildman–Crippen LogP) is 2.75. The van der Waals surface area contributed by atoms with Gasteiger partial charge in [0.05, 0.1) is 8.66 Å². The van der Waals surface area contributed by atoms with E-state index in [2.05, 4.69) is 42.5 Å². The average Bonchev–Trinajstić information content (AvgIpc) is 3.01. The Bertz CT molecular complexity index is 371. The Hall–Kier alpha value is 0.0900. The van der Waals surface area contributed by atoms with Gasteiger partial charge in [0.1, 0.15) is 0 Å². The van der Waals surface area contributed by atoms with Gasteiger partial charge in [-0.25, -0.2) is 0 Å². The van der Waals surface area contributed by atoms with E-state index in [1.54, 1.807) is 0 Å². The topological polar surface area (TPSA) is 41.1 Å². The van der Waals surface area contributed by atoms with Crippen molar-refractivity contribution in [3.05, 3.63) is 19.2 Å². The van der Waals surface area contributed by atoms with Gasteiger partial charge in [-0.1, -0.05) is 0 Å². The molecule has 0 saturated heterocycles. The molecule has 0 radical (unpaired) electrons. The van der Waals surface area contributed by atoms with Crippen LogP contribution in [0.5, 0.6) is 0 Å². The lowest BCUT2D eigenvalue weighted by molar-refractivity contribution is 0.0958. The van der Waals surface area contributed by atoms with Gasteiger partial charge in [0.15, 0.2) is 0 Å². The number of rotatable bonds is 5. The van der Waals surface area contributed by atoms with Crippen molar-refractivity contribution in [1.82, 2.24) is 10.6 Å². The molecule has 1 aromatic heterocycles. The summed E-state index contributed by atoms with van der Waals surface area (Å²) >= 11 is 8.17. The monoisotopic (exact) mass is 366 g/mol. The van der Waals surface area contributed by atoms with Crippen molar-refractivity contribution in [2.24, 2.45) is 0 Å². The number of nitrogens with one attached hydrogen (secondary N) is 2. The Labute approximate surface area is 115 Å². The third-order valence-corrected chi connectivity index (χ3v) is 5.54. The SMILES string of the molecule is O=C(NCCNC1CC1)c1cc(Br)c(Br)s1. The second kappa shape index (κ2) is 5.62. The van der Waals surface area contributed by atoms with Gasteiger partial charge in [0, 0.05) is 23.6 Å². The van der Waals surface area contributed by atoms with Gasteiger partial charge in [-0.15, -0.1) is 11.3 Å². The Balaban J connectivity index is 1.73. The first-order chi connectivity index (χ1) is 7.66. The van der Waals surface area contributed by atoms with Gasteiger partial charge in [-0.3, -0.25) is 4.79 Å². The molecule has 3 nitrogen and oxygen atoms in total. The van der Waals surface area contributed by atoms with Gasteiger partial charge >= 0.3 is 0 Å². The number of amides is 1. The molecule has 0 atom stereocenters. The summed E-state index contributed by atoms with van der Waals surface area (Å²) in [4.78, 5) is 12.4. The van der Waals surface area contributed by atoms with Crippen LogP contribution in [-0.4, -0.2) is 25.0 Å². The molecular formula is C10H12Br2N2OS. The van der Waals surface area contributed by atoms with E-state index < -0.39 is 0 Å². The summed E-state index contributed by atoms with van der Waals surface area (Å²) < 4.78 is 1.88. The minimum absolute atomic E-state index is 0.00556. The van der Waals surface area contributed by atoms with E-state index in [0.29, 0.717) is 12.6 Å². The molecule has 1 aliphatic carbocycles. The van der Waals surface area contributed by atoms with Crippen molar-refractivity contribution in [3.63, 3.8) is 0 Å². The summed E-state index contributed by atoms with van der Waals surface area (Å²) in [6, 6.07) is 2.53. The Kier molecular flexibility index (Phi) is 4.41. The van der Waals surface area contributed by atoms with Crippen LogP contribution in [-0.2, 0) is 0 Å². The zero-order valence-electron chi connectivity index (χ0n) is 8.56. The molecule has 2 rings (SSSR count). The van der Waals surface area contributed by atoms with E-state index in [1.807, 2.05) is 6.07 Å². The minimum Gasteiger partial charge on any atom is -0.350 e. The minimum atomic E-state index is -0.00556. The smallest absolute Gasteiger partial charge is 0.261 e. The Morgan fingerprint density at radius 3 is 2.75 bits per heavy atom. The predicted molar refractivity (Wildman–Crippen MR) is 73.1 cm³/mol. The van der Waals surface area contributed by atoms with Crippen molar-refractivity contribution in [2.45, 2.75) is 18.9 Å². The third-order valence-electron chi connectivity index (χ3n) is 2.29. The van der Waals surface area contributed by atoms with Crippen LogP contribution in [0.15, 0.2) is 14.3 Å². The van der Waals surface area contributed by atoms with Crippen molar-refractivity contribution in [2.75, 3.05) is 13.1 Å². The molecule has 2 N–H and O–H groups in total. The molecule has 1 fully saturated rings. The van der Waals surface area contributed by atoms with Crippen molar-refractivity contribution in [1.29, 1.82) is 0 Å². The molecule has 1 saturated carbocycles. The van der Waals surface area contributed by atoms with Crippen molar-refractivity contribution >= 4 is 49.1 Å². The molecule has 0 spiro atoms. The van der Waals surface area contributed by atoms with E-state index in [9.17, 15) is 4.79 Å². The normalized spacial score (nSPS) is 15.1. The second-order valence-corrected chi connectivity index (χ2v) is 6.94. The molecular weight excluding hydrogens is 356 g/mol. The van der Waals surface area contributed by atoms with Gasteiger partial charge in [0.25, 0.3) is 5.91 Å². The molecule has 0 bridgehead atoms. The quantitative estimate of drug-likeness (QED) is 0.785. The number of carbonyl (C=O) groups excluding carboxylic acids is 1. The van der Waals surface area contributed by atoms with Gasteiger partial charge in [-0.05, 0) is 50.8 Å². The highest BCUT2D eigenvalue weighted by atomic mass is 79.9. The maximum Gasteiger partial charge on any atom is 0.261 e. The first-order valence-electron chi connectivity index (χ1n) is 5.13. The highest BCUT2D eigenvalue weighted by molar-refractivity contribution is 9.13. The van der Waals surface area contributed by atoms with Gasteiger partial charge in [-0.2, -0.15) is 0 Å². The third kappa shape index (κ3) is 3.55. The highest BCUT2D eigenvalue weighted by Crippen LogP contribution is 2.32. The number of thiophene rings is 1. The molecule has 1 amide bonds. The van der Waals surface area contributed by atoms with Crippen LogP contribution >= 0.6 is 43.2 Å². The van der Waals surface area contributed by atoms with Crippen molar-refractivity contribution in [3.8, 4) is 0 Å². The van der Waals surface area contributed by atoms with Gasteiger partial charge in [0.2, 0.25) is 0 Å². The van der Waals surface area contributed by atoms with Crippen LogP contribution in [0.2, 0.25) is 0 Å². The number of hydrogen-bond donors (Lipinski definition) is 2. The average molecular weight is 368 g/mol. The van der Waals surface area contributed by atoms with Crippen LogP contribution in [0.4, 0.5) is 0 Å². The molecule has 88 valence electrons. The van der Waals surface area contributed by atoms with Crippen LogP contribution < -0.4 is 10.6 Å². The highest BCUT2D eigenvalue weighted by Gasteiger charge is 2.19. The van der Waals surface area contributed by atoms with Crippen LogP contribution in [0, 0.1) is 0 Å². The molecule has 16 heavy (non-hydrogen) atoms. The molecule has 0 unspecified atom stereocenters. The molecule has 1 heterocycles. The number of carbonyl (C=O) groups is 1. The fourth-order valence-electron chi connectivity index (χ4n) is 1.29. The second-order valence-electron chi connectivity index (χ2n) is 3.72. The Morgan fingerprint density at radius 2 is 2.19 bits per heavy atom. The lowest BCUT2D eigenvalue weighted by atomic mass is 10.4. The van der Waals surface area contributed by atoms with E-state index in [0.717, 1.165) is 19.7 Å². The summed E-state index contributed by atoms with van der Waals surface area (Å²) in [6.07, 6.45) is 2.55. The van der Waals surface area contributed by atoms with Crippen LogP contribution in [0.25, 0.3) is 0 Å². The van der Waals surface area contributed by atoms with Crippen LogP contribution in [0.3, 0.4) is 0 Å². The zero-order valence-corrected chi connectivity index (χ0v) is 12.5.